The molecule has 0 aliphatic heterocycles. The molecule has 0 aliphatic rings. The number of amides is 1. The van der Waals surface area contributed by atoms with Gasteiger partial charge in [0.15, 0.2) is 0 Å². The van der Waals surface area contributed by atoms with Gasteiger partial charge in [0.05, 0.1) is 0 Å². The van der Waals surface area contributed by atoms with Crippen LogP contribution in [0.25, 0.3) is 10.8 Å². The minimum Gasteiger partial charge on any atom is -0.342 e. The van der Waals surface area contributed by atoms with E-state index < -0.39 is 0 Å². The van der Waals surface area contributed by atoms with E-state index in [-0.39, 0.29) is 5.91 Å². The molecule has 0 fully saturated rings. The normalized spacial score (nSPS) is 12.4. The van der Waals surface area contributed by atoms with Crippen molar-refractivity contribution in [3.63, 3.8) is 0 Å². The standard InChI is InChI=1S/C16H18BrNO/c1-12(17)9-10-18(2)16(19)15-8-7-13-5-3-4-6-14(13)11-15/h3-8,11-12H,9-10H2,1-2H3. The maximum Gasteiger partial charge on any atom is 0.253 e. The van der Waals surface area contributed by atoms with Crippen LogP contribution in [0.1, 0.15) is 23.7 Å². The highest BCUT2D eigenvalue weighted by molar-refractivity contribution is 9.09. The van der Waals surface area contributed by atoms with Crippen molar-refractivity contribution < 1.29 is 4.79 Å². The van der Waals surface area contributed by atoms with Crippen LogP contribution in [0.15, 0.2) is 42.5 Å². The fraction of sp³-hybridized carbons (Fsp3) is 0.312. The zero-order chi connectivity index (χ0) is 13.8. The van der Waals surface area contributed by atoms with Crippen molar-refractivity contribution in [3.05, 3.63) is 48.0 Å². The molecule has 0 bridgehead atoms. The van der Waals surface area contributed by atoms with Gasteiger partial charge in [0.1, 0.15) is 0 Å². The summed E-state index contributed by atoms with van der Waals surface area (Å²) in [5, 5.41) is 2.27. The third-order valence-corrected chi connectivity index (χ3v) is 3.66. The second kappa shape index (κ2) is 6.20. The summed E-state index contributed by atoms with van der Waals surface area (Å²) in [5.74, 6) is 0.0823. The molecule has 1 unspecified atom stereocenters. The minimum atomic E-state index is 0.0823. The number of alkyl halides is 1. The van der Waals surface area contributed by atoms with Crippen LogP contribution in [0.3, 0.4) is 0 Å². The number of rotatable bonds is 4. The molecule has 19 heavy (non-hydrogen) atoms. The number of fused-ring (bicyclic) bond motifs is 1. The van der Waals surface area contributed by atoms with E-state index in [2.05, 4.69) is 28.9 Å². The van der Waals surface area contributed by atoms with Gasteiger partial charge in [0, 0.05) is 24.0 Å². The molecule has 0 N–H and O–H groups in total. The smallest absolute Gasteiger partial charge is 0.253 e. The van der Waals surface area contributed by atoms with Crippen molar-refractivity contribution >= 4 is 32.6 Å². The van der Waals surface area contributed by atoms with Gasteiger partial charge in [-0.3, -0.25) is 4.79 Å². The average molecular weight is 320 g/mol. The van der Waals surface area contributed by atoms with Gasteiger partial charge in [-0.25, -0.2) is 0 Å². The summed E-state index contributed by atoms with van der Waals surface area (Å²) in [5.41, 5.74) is 0.753. The van der Waals surface area contributed by atoms with Crippen LogP contribution in [0, 0.1) is 0 Å². The number of halogens is 1. The number of hydrogen-bond acceptors (Lipinski definition) is 1. The van der Waals surface area contributed by atoms with Gasteiger partial charge in [-0.15, -0.1) is 0 Å². The number of nitrogens with zero attached hydrogens (tertiary/aromatic N) is 1. The highest BCUT2D eigenvalue weighted by Crippen LogP contribution is 2.17. The third kappa shape index (κ3) is 3.57. The van der Waals surface area contributed by atoms with Crippen LogP contribution in [-0.2, 0) is 0 Å². The molecule has 0 aromatic heterocycles. The molecule has 0 spiro atoms. The molecule has 2 aromatic carbocycles. The van der Waals surface area contributed by atoms with E-state index in [0.717, 1.165) is 29.3 Å². The first-order valence-electron chi connectivity index (χ1n) is 6.46. The van der Waals surface area contributed by atoms with Crippen LogP contribution in [0.5, 0.6) is 0 Å². The zero-order valence-corrected chi connectivity index (χ0v) is 12.9. The Morgan fingerprint density at radius 1 is 1.21 bits per heavy atom. The Balaban J connectivity index is 2.16. The van der Waals surface area contributed by atoms with E-state index in [0.29, 0.717) is 4.83 Å². The highest BCUT2D eigenvalue weighted by atomic mass is 79.9. The van der Waals surface area contributed by atoms with Crippen molar-refractivity contribution in [1.29, 1.82) is 0 Å². The van der Waals surface area contributed by atoms with E-state index in [1.54, 1.807) is 4.90 Å². The first kappa shape index (κ1) is 14.1. The second-order valence-corrected chi connectivity index (χ2v) is 6.42. The molecule has 2 rings (SSSR count). The molecular formula is C16H18BrNO. The summed E-state index contributed by atoms with van der Waals surface area (Å²) in [6, 6.07) is 14.0. The highest BCUT2D eigenvalue weighted by Gasteiger charge is 2.12. The summed E-state index contributed by atoms with van der Waals surface area (Å²) in [6.07, 6.45) is 0.954. The van der Waals surface area contributed by atoms with Crippen molar-refractivity contribution in [2.45, 2.75) is 18.2 Å². The van der Waals surface area contributed by atoms with Crippen LogP contribution >= 0.6 is 15.9 Å². The van der Waals surface area contributed by atoms with Crippen molar-refractivity contribution in [2.24, 2.45) is 0 Å². The molecule has 1 atom stereocenters. The number of hydrogen-bond donors (Lipinski definition) is 0. The quantitative estimate of drug-likeness (QED) is 0.777. The Kier molecular flexibility index (Phi) is 4.59. The second-order valence-electron chi connectivity index (χ2n) is 4.86. The van der Waals surface area contributed by atoms with Gasteiger partial charge in [0.2, 0.25) is 0 Å². The number of carbonyl (C=O) groups excluding carboxylic acids is 1. The molecule has 0 saturated carbocycles. The molecule has 100 valence electrons. The molecule has 2 aromatic rings. The van der Waals surface area contributed by atoms with E-state index in [4.69, 9.17) is 0 Å². The maximum absolute atomic E-state index is 12.3. The van der Waals surface area contributed by atoms with Crippen molar-refractivity contribution in [3.8, 4) is 0 Å². The van der Waals surface area contributed by atoms with Gasteiger partial charge in [-0.2, -0.15) is 0 Å². The first-order chi connectivity index (χ1) is 9.08. The summed E-state index contributed by atoms with van der Waals surface area (Å²) >= 11 is 3.50. The van der Waals surface area contributed by atoms with Crippen LogP contribution < -0.4 is 0 Å². The fourth-order valence-electron chi connectivity index (χ4n) is 2.02. The summed E-state index contributed by atoms with van der Waals surface area (Å²) in [4.78, 5) is 14.5. The Morgan fingerprint density at radius 3 is 2.58 bits per heavy atom. The SMILES string of the molecule is CC(Br)CCN(C)C(=O)c1ccc2ccccc2c1. The number of benzene rings is 2. The van der Waals surface area contributed by atoms with Gasteiger partial charge in [-0.05, 0) is 29.3 Å². The van der Waals surface area contributed by atoms with E-state index in [9.17, 15) is 4.79 Å². The summed E-state index contributed by atoms with van der Waals surface area (Å²) in [7, 11) is 1.85. The lowest BCUT2D eigenvalue weighted by Gasteiger charge is -2.18. The topological polar surface area (TPSA) is 20.3 Å². The predicted octanol–water partition coefficient (Wildman–Crippen LogP) is 4.09. The van der Waals surface area contributed by atoms with Crippen molar-refractivity contribution in [1.82, 2.24) is 4.90 Å². The molecule has 0 aliphatic carbocycles. The lowest BCUT2D eigenvalue weighted by molar-refractivity contribution is 0.0794. The van der Waals surface area contributed by atoms with E-state index in [1.807, 2.05) is 43.4 Å². The van der Waals surface area contributed by atoms with Gasteiger partial charge < -0.3 is 4.90 Å². The van der Waals surface area contributed by atoms with E-state index in [1.165, 1.54) is 0 Å². The molecular weight excluding hydrogens is 302 g/mol. The predicted molar refractivity (Wildman–Crippen MR) is 83.9 cm³/mol. The van der Waals surface area contributed by atoms with Crippen LogP contribution in [0.2, 0.25) is 0 Å². The van der Waals surface area contributed by atoms with Crippen LogP contribution in [-0.4, -0.2) is 29.2 Å². The lowest BCUT2D eigenvalue weighted by Crippen LogP contribution is -2.28. The zero-order valence-electron chi connectivity index (χ0n) is 11.3. The Bertz CT molecular complexity index is 580. The fourth-order valence-corrected chi connectivity index (χ4v) is 2.22. The van der Waals surface area contributed by atoms with Crippen LogP contribution in [0.4, 0.5) is 0 Å². The first-order valence-corrected chi connectivity index (χ1v) is 7.38. The Morgan fingerprint density at radius 2 is 1.89 bits per heavy atom. The monoisotopic (exact) mass is 319 g/mol. The molecule has 0 radical (unpaired) electrons. The van der Waals surface area contributed by atoms with E-state index >= 15 is 0 Å². The van der Waals surface area contributed by atoms with Crippen molar-refractivity contribution in [2.75, 3.05) is 13.6 Å². The molecule has 0 heterocycles. The largest absolute Gasteiger partial charge is 0.342 e. The average Bonchev–Trinajstić information content (AvgIpc) is 2.43. The number of carbonyl (C=O) groups is 1. The van der Waals surface area contributed by atoms with Gasteiger partial charge in [-0.1, -0.05) is 53.2 Å². The maximum atomic E-state index is 12.3. The Labute approximate surface area is 122 Å². The Hall–Kier alpha value is -1.35. The van der Waals surface area contributed by atoms with Gasteiger partial charge in [0.25, 0.3) is 5.91 Å². The molecule has 1 amide bonds. The summed E-state index contributed by atoms with van der Waals surface area (Å²) < 4.78 is 0. The third-order valence-electron chi connectivity index (χ3n) is 3.21. The minimum absolute atomic E-state index is 0.0823. The molecule has 0 saturated heterocycles. The summed E-state index contributed by atoms with van der Waals surface area (Å²) in [6.45, 7) is 2.85. The lowest BCUT2D eigenvalue weighted by atomic mass is 10.1. The molecule has 2 nitrogen and oxygen atoms in total. The molecule has 3 heteroatoms. The van der Waals surface area contributed by atoms with Gasteiger partial charge >= 0.3 is 0 Å².